The molecule has 6 heteroatoms. The molecule has 0 spiro atoms. The molecule has 0 aliphatic heterocycles. The predicted molar refractivity (Wildman–Crippen MR) is 82.3 cm³/mol. The van der Waals surface area contributed by atoms with Crippen molar-refractivity contribution in [2.75, 3.05) is 5.75 Å². The summed E-state index contributed by atoms with van der Waals surface area (Å²) in [5, 5.41) is 9.86. The number of hydrogen-bond donors (Lipinski definition) is 0. The van der Waals surface area contributed by atoms with Crippen molar-refractivity contribution < 1.29 is 4.74 Å². The van der Waals surface area contributed by atoms with Gasteiger partial charge >= 0.3 is 0 Å². The van der Waals surface area contributed by atoms with E-state index in [1.807, 2.05) is 29.8 Å². The van der Waals surface area contributed by atoms with E-state index in [-0.39, 0.29) is 0 Å². The summed E-state index contributed by atoms with van der Waals surface area (Å²) in [5.74, 6) is 3.10. The fourth-order valence-electron chi connectivity index (χ4n) is 1.54. The first kappa shape index (κ1) is 15.2. The molecule has 1 aromatic carbocycles. The summed E-state index contributed by atoms with van der Waals surface area (Å²) in [6, 6.07) is 7.41. The highest BCUT2D eigenvalue weighted by Gasteiger charge is 2.11. The average molecular weight is 312 g/mol. The fraction of sp³-hybridized carbons (Fsp3) is 0.429. The van der Waals surface area contributed by atoms with Crippen molar-refractivity contribution in [3.8, 4) is 5.75 Å². The van der Waals surface area contributed by atoms with Gasteiger partial charge in [0.1, 0.15) is 12.4 Å². The molecule has 0 saturated carbocycles. The molecule has 108 valence electrons. The van der Waals surface area contributed by atoms with E-state index in [9.17, 15) is 0 Å². The zero-order valence-electron chi connectivity index (χ0n) is 11.8. The van der Waals surface area contributed by atoms with E-state index in [0.29, 0.717) is 23.3 Å². The van der Waals surface area contributed by atoms with Crippen molar-refractivity contribution in [1.29, 1.82) is 0 Å². The van der Waals surface area contributed by atoms with Crippen LogP contribution in [0.4, 0.5) is 0 Å². The van der Waals surface area contributed by atoms with Gasteiger partial charge in [-0.3, -0.25) is 0 Å². The first-order valence-electron chi connectivity index (χ1n) is 6.46. The van der Waals surface area contributed by atoms with Gasteiger partial charge in [-0.1, -0.05) is 49.3 Å². The molecule has 0 amide bonds. The Bertz CT molecular complexity index is 571. The second-order valence-electron chi connectivity index (χ2n) is 4.88. The number of ether oxygens (including phenoxy) is 1. The number of halogens is 1. The summed E-state index contributed by atoms with van der Waals surface area (Å²) in [5.41, 5.74) is 0. The van der Waals surface area contributed by atoms with Gasteiger partial charge < -0.3 is 9.30 Å². The van der Waals surface area contributed by atoms with Crippen LogP contribution in [0, 0.1) is 5.92 Å². The fourth-order valence-corrected chi connectivity index (χ4v) is 2.61. The van der Waals surface area contributed by atoms with Gasteiger partial charge in [-0.2, -0.15) is 0 Å². The third-order valence-electron chi connectivity index (χ3n) is 2.66. The van der Waals surface area contributed by atoms with E-state index in [2.05, 4.69) is 24.0 Å². The highest BCUT2D eigenvalue weighted by Crippen LogP contribution is 2.24. The van der Waals surface area contributed by atoms with Crippen LogP contribution in [0.3, 0.4) is 0 Å². The predicted octanol–water partition coefficient (Wildman–Crippen LogP) is 3.80. The van der Waals surface area contributed by atoms with Gasteiger partial charge in [-0.15, -0.1) is 10.2 Å². The maximum Gasteiger partial charge on any atom is 0.191 e. The minimum atomic E-state index is 0.357. The van der Waals surface area contributed by atoms with Crippen LogP contribution in [-0.2, 0) is 13.7 Å². The Hall–Kier alpha value is -1.20. The molecule has 0 aliphatic carbocycles. The number of rotatable bonds is 6. The van der Waals surface area contributed by atoms with Crippen LogP contribution in [0.5, 0.6) is 5.75 Å². The van der Waals surface area contributed by atoms with Crippen LogP contribution < -0.4 is 4.74 Å². The van der Waals surface area contributed by atoms with Crippen molar-refractivity contribution in [3.63, 3.8) is 0 Å². The smallest absolute Gasteiger partial charge is 0.191 e. The van der Waals surface area contributed by atoms with Gasteiger partial charge in [0.15, 0.2) is 11.0 Å². The van der Waals surface area contributed by atoms with Crippen LogP contribution in [0.2, 0.25) is 5.02 Å². The molecule has 4 nitrogen and oxygen atoms in total. The monoisotopic (exact) mass is 311 g/mol. The van der Waals surface area contributed by atoms with E-state index in [1.54, 1.807) is 17.8 Å². The topological polar surface area (TPSA) is 39.9 Å². The molecule has 0 N–H and O–H groups in total. The average Bonchev–Trinajstić information content (AvgIpc) is 2.76. The largest absolute Gasteiger partial charge is 0.484 e. The second-order valence-corrected chi connectivity index (χ2v) is 6.28. The molecule has 0 aliphatic rings. The van der Waals surface area contributed by atoms with Crippen molar-refractivity contribution in [1.82, 2.24) is 14.8 Å². The molecule has 0 unspecified atom stereocenters. The van der Waals surface area contributed by atoms with Crippen LogP contribution in [0.15, 0.2) is 29.4 Å². The first-order chi connectivity index (χ1) is 9.58. The molecular formula is C14H18ClN3OS. The molecule has 0 saturated heterocycles. The number of thioether (sulfide) groups is 1. The maximum atomic E-state index is 6.05. The Morgan fingerprint density at radius 1 is 1.30 bits per heavy atom. The highest BCUT2D eigenvalue weighted by molar-refractivity contribution is 7.99. The van der Waals surface area contributed by atoms with E-state index in [0.717, 1.165) is 16.7 Å². The molecule has 2 aromatic rings. The summed E-state index contributed by atoms with van der Waals surface area (Å²) in [6.45, 7) is 4.73. The number of para-hydroxylation sites is 1. The standard InChI is InChI=1S/C14H18ClN3OS/c1-10(2)9-20-14-17-16-13(18(14)3)8-19-12-7-5-4-6-11(12)15/h4-7,10H,8-9H2,1-3H3. The number of nitrogens with zero attached hydrogens (tertiary/aromatic N) is 3. The third-order valence-corrected chi connectivity index (χ3v) is 4.42. The summed E-state index contributed by atoms with van der Waals surface area (Å²) >= 11 is 7.76. The minimum absolute atomic E-state index is 0.357. The Morgan fingerprint density at radius 2 is 2.05 bits per heavy atom. The maximum absolute atomic E-state index is 6.05. The van der Waals surface area contributed by atoms with Gasteiger partial charge in [0.05, 0.1) is 5.02 Å². The van der Waals surface area contributed by atoms with Crippen molar-refractivity contribution >= 4 is 23.4 Å². The minimum Gasteiger partial charge on any atom is -0.484 e. The van der Waals surface area contributed by atoms with Gasteiger partial charge in [0, 0.05) is 12.8 Å². The number of benzene rings is 1. The first-order valence-corrected chi connectivity index (χ1v) is 7.82. The van der Waals surface area contributed by atoms with Crippen molar-refractivity contribution in [2.45, 2.75) is 25.6 Å². The Morgan fingerprint density at radius 3 is 2.75 bits per heavy atom. The van der Waals surface area contributed by atoms with Gasteiger partial charge in [-0.05, 0) is 18.1 Å². The lowest BCUT2D eigenvalue weighted by Crippen LogP contribution is -2.05. The molecule has 0 atom stereocenters. The summed E-state index contributed by atoms with van der Waals surface area (Å²) in [7, 11) is 1.95. The van der Waals surface area contributed by atoms with Crippen molar-refractivity contribution in [3.05, 3.63) is 35.1 Å². The lowest BCUT2D eigenvalue weighted by atomic mass is 10.3. The van der Waals surface area contributed by atoms with Crippen LogP contribution in [-0.4, -0.2) is 20.5 Å². The Labute approximate surface area is 128 Å². The number of hydrogen-bond acceptors (Lipinski definition) is 4. The molecule has 2 rings (SSSR count). The molecule has 0 radical (unpaired) electrons. The van der Waals surface area contributed by atoms with Crippen LogP contribution in [0.25, 0.3) is 0 Å². The molecule has 20 heavy (non-hydrogen) atoms. The van der Waals surface area contributed by atoms with Crippen LogP contribution >= 0.6 is 23.4 Å². The van der Waals surface area contributed by atoms with Gasteiger partial charge in [0.2, 0.25) is 0 Å². The van der Waals surface area contributed by atoms with E-state index >= 15 is 0 Å². The van der Waals surface area contributed by atoms with Gasteiger partial charge in [0.25, 0.3) is 0 Å². The lowest BCUT2D eigenvalue weighted by molar-refractivity contribution is 0.290. The normalized spacial score (nSPS) is 11.1. The molecule has 1 aromatic heterocycles. The Balaban J connectivity index is 1.98. The zero-order chi connectivity index (χ0) is 14.5. The summed E-state index contributed by atoms with van der Waals surface area (Å²) in [4.78, 5) is 0. The summed E-state index contributed by atoms with van der Waals surface area (Å²) in [6.07, 6.45) is 0. The van der Waals surface area contributed by atoms with E-state index < -0.39 is 0 Å². The molecule has 1 heterocycles. The highest BCUT2D eigenvalue weighted by atomic mass is 35.5. The lowest BCUT2D eigenvalue weighted by Gasteiger charge is -2.08. The zero-order valence-corrected chi connectivity index (χ0v) is 13.4. The van der Waals surface area contributed by atoms with Crippen molar-refractivity contribution in [2.24, 2.45) is 13.0 Å². The van der Waals surface area contributed by atoms with Crippen LogP contribution in [0.1, 0.15) is 19.7 Å². The molecule has 0 fully saturated rings. The SMILES string of the molecule is CC(C)CSc1nnc(COc2ccccc2Cl)n1C. The van der Waals surface area contributed by atoms with Gasteiger partial charge in [-0.25, -0.2) is 0 Å². The van der Waals surface area contributed by atoms with E-state index in [4.69, 9.17) is 16.3 Å². The number of aromatic nitrogens is 3. The Kier molecular flexibility index (Phi) is 5.31. The molecular weight excluding hydrogens is 294 g/mol. The third kappa shape index (κ3) is 3.90. The summed E-state index contributed by atoms with van der Waals surface area (Å²) < 4.78 is 7.64. The second kappa shape index (κ2) is 6.99. The van der Waals surface area contributed by atoms with E-state index in [1.165, 1.54) is 0 Å². The quantitative estimate of drug-likeness (QED) is 0.761. The molecule has 0 bridgehead atoms.